The summed E-state index contributed by atoms with van der Waals surface area (Å²) in [4.78, 5) is 34.6. The van der Waals surface area contributed by atoms with Gasteiger partial charge in [-0.15, -0.1) is 0 Å². The summed E-state index contributed by atoms with van der Waals surface area (Å²) in [6.45, 7) is 3.12. The molecule has 1 fully saturated rings. The molecule has 0 aliphatic carbocycles. The molecular weight excluding hydrogens is 543 g/mol. The number of ether oxygens (including phenoxy) is 1. The Morgan fingerprint density at radius 2 is 1.83 bits per heavy atom. The Bertz CT molecular complexity index is 1790. The van der Waals surface area contributed by atoms with Gasteiger partial charge in [0.1, 0.15) is 33.9 Å². The van der Waals surface area contributed by atoms with Crippen LogP contribution in [-0.2, 0) is 16.0 Å². The predicted molar refractivity (Wildman–Crippen MR) is 154 cm³/mol. The quantitative estimate of drug-likeness (QED) is 0.254. The van der Waals surface area contributed by atoms with Crippen molar-refractivity contribution in [3.05, 3.63) is 71.4 Å². The van der Waals surface area contributed by atoms with Crippen LogP contribution in [0.25, 0.3) is 28.0 Å². The first-order valence-corrected chi connectivity index (χ1v) is 13.8. The van der Waals surface area contributed by atoms with Crippen LogP contribution in [0.2, 0.25) is 0 Å². The number of aryl methyl sites for hydroxylation is 1. The number of anilines is 3. The molecule has 0 N–H and O–H groups in total. The molecule has 5 aromatic rings. The average molecular weight is 569 g/mol. The molecule has 1 saturated heterocycles. The van der Waals surface area contributed by atoms with Gasteiger partial charge in [0, 0.05) is 55.4 Å². The van der Waals surface area contributed by atoms with Crippen molar-refractivity contribution >= 4 is 39.9 Å². The minimum atomic E-state index is -0.346. The highest BCUT2D eigenvalue weighted by molar-refractivity contribution is 7.16. The second kappa shape index (κ2) is 10.6. The van der Waals surface area contributed by atoms with Gasteiger partial charge >= 0.3 is 5.97 Å². The van der Waals surface area contributed by atoms with Crippen LogP contribution in [0.3, 0.4) is 0 Å². The molecule has 0 unspecified atom stereocenters. The summed E-state index contributed by atoms with van der Waals surface area (Å²) in [6.07, 6.45) is 6.22. The van der Waals surface area contributed by atoms with E-state index in [9.17, 15) is 14.4 Å². The molecule has 10 nitrogen and oxygen atoms in total. The van der Waals surface area contributed by atoms with Crippen molar-refractivity contribution in [3.63, 3.8) is 0 Å². The fourth-order valence-corrected chi connectivity index (χ4v) is 5.71. The third kappa shape index (κ3) is 4.74. The first kappa shape index (κ1) is 26.3. The van der Waals surface area contributed by atoms with E-state index in [1.54, 1.807) is 24.5 Å². The van der Waals surface area contributed by atoms with E-state index in [0.717, 1.165) is 28.3 Å². The maximum absolute atomic E-state index is 13.5. The summed E-state index contributed by atoms with van der Waals surface area (Å²) < 4.78 is 20.3. The number of esters is 1. The molecule has 1 aliphatic heterocycles. The Kier molecular flexibility index (Phi) is 6.80. The number of imidazole rings is 1. The predicted octanol–water partition coefficient (Wildman–Crippen LogP) is 4.87. The number of nitriles is 1. The van der Waals surface area contributed by atoms with Crippen LogP contribution in [0.5, 0.6) is 0 Å². The van der Waals surface area contributed by atoms with Gasteiger partial charge in [0.15, 0.2) is 5.13 Å². The monoisotopic (exact) mass is 568 g/mol. The number of aromatic nitrogens is 5. The molecule has 41 heavy (non-hydrogen) atoms. The second-order valence-corrected chi connectivity index (χ2v) is 10.6. The molecule has 1 aromatic carbocycles. The molecule has 0 saturated carbocycles. The molecule has 0 amide bonds. The van der Waals surface area contributed by atoms with Crippen LogP contribution in [0, 0.1) is 23.1 Å². The van der Waals surface area contributed by atoms with Gasteiger partial charge in [-0.3, -0.25) is 9.20 Å². The number of fused-ring (bicyclic) bond motifs is 1. The first-order chi connectivity index (χ1) is 19.9. The minimum absolute atomic E-state index is 0.149. The van der Waals surface area contributed by atoms with Crippen molar-refractivity contribution in [2.75, 3.05) is 37.0 Å². The third-order valence-corrected chi connectivity index (χ3v) is 8.14. The topological polar surface area (TPSA) is 113 Å². The largest absolute Gasteiger partial charge is 0.469 e. The zero-order chi connectivity index (χ0) is 28.7. The van der Waals surface area contributed by atoms with Crippen LogP contribution in [0.4, 0.5) is 21.3 Å². The summed E-state index contributed by atoms with van der Waals surface area (Å²) >= 11 is 1.27. The number of carbonyl (C=O) groups excluding carboxylic acids is 1. The van der Waals surface area contributed by atoms with Crippen LogP contribution in [-0.4, -0.2) is 57.6 Å². The summed E-state index contributed by atoms with van der Waals surface area (Å²) in [7, 11) is 3.29. The number of hydrogen-bond donors (Lipinski definition) is 0. The van der Waals surface area contributed by atoms with Crippen molar-refractivity contribution in [2.45, 2.75) is 13.3 Å². The maximum atomic E-state index is 13.5. The molecule has 1 aliphatic rings. The fourth-order valence-electron chi connectivity index (χ4n) is 4.86. The molecule has 5 heterocycles. The SMILES string of the molecule is CCc1nc2ccc(-c3cnc(N4CC(C(=O)OC)C4)nc3)cn2c1N(C)c1nc(-c2ccc(F)cc2)c(C#N)s1. The lowest BCUT2D eigenvalue weighted by atomic mass is 10.0. The molecule has 4 aromatic heterocycles. The molecule has 0 radical (unpaired) electrons. The van der Waals surface area contributed by atoms with Crippen molar-refractivity contribution in [2.24, 2.45) is 5.92 Å². The third-order valence-electron chi connectivity index (χ3n) is 7.11. The lowest BCUT2D eigenvalue weighted by molar-refractivity contribution is -0.146. The van der Waals surface area contributed by atoms with Gasteiger partial charge in [0.2, 0.25) is 5.95 Å². The number of methoxy groups -OCH3 is 1. The Morgan fingerprint density at radius 3 is 2.49 bits per heavy atom. The lowest BCUT2D eigenvalue weighted by Gasteiger charge is -2.37. The van der Waals surface area contributed by atoms with Crippen LogP contribution in [0.1, 0.15) is 17.5 Å². The van der Waals surface area contributed by atoms with Crippen molar-refractivity contribution in [1.29, 1.82) is 5.26 Å². The van der Waals surface area contributed by atoms with Gasteiger partial charge in [0.25, 0.3) is 0 Å². The maximum Gasteiger partial charge on any atom is 0.312 e. The molecule has 0 bridgehead atoms. The summed E-state index contributed by atoms with van der Waals surface area (Å²) in [6, 6.07) is 12.1. The lowest BCUT2D eigenvalue weighted by Crippen LogP contribution is -2.51. The van der Waals surface area contributed by atoms with Gasteiger partial charge in [-0.25, -0.2) is 24.3 Å². The van der Waals surface area contributed by atoms with Crippen molar-refractivity contribution in [3.8, 4) is 28.5 Å². The van der Waals surface area contributed by atoms with E-state index in [4.69, 9.17) is 14.7 Å². The number of rotatable bonds is 7. The van der Waals surface area contributed by atoms with E-state index in [-0.39, 0.29) is 17.7 Å². The van der Waals surface area contributed by atoms with Crippen molar-refractivity contribution in [1.82, 2.24) is 24.3 Å². The normalized spacial score (nSPS) is 13.2. The van der Waals surface area contributed by atoms with E-state index in [0.29, 0.717) is 46.7 Å². The highest BCUT2D eigenvalue weighted by atomic mass is 32.1. The smallest absolute Gasteiger partial charge is 0.312 e. The summed E-state index contributed by atoms with van der Waals surface area (Å²) in [5, 5.41) is 10.4. The van der Waals surface area contributed by atoms with Crippen molar-refractivity contribution < 1.29 is 13.9 Å². The number of hydrogen-bond acceptors (Lipinski definition) is 10. The zero-order valence-electron chi connectivity index (χ0n) is 22.6. The Morgan fingerprint density at radius 1 is 1.12 bits per heavy atom. The van der Waals surface area contributed by atoms with Gasteiger partial charge in [-0.1, -0.05) is 18.3 Å². The highest BCUT2D eigenvalue weighted by Gasteiger charge is 2.35. The van der Waals surface area contributed by atoms with Crippen LogP contribution < -0.4 is 9.80 Å². The van der Waals surface area contributed by atoms with Crippen LogP contribution >= 0.6 is 11.3 Å². The zero-order valence-corrected chi connectivity index (χ0v) is 23.4. The Balaban J connectivity index is 1.32. The number of pyridine rings is 1. The standard InChI is InChI=1S/C29H25FN8O2S/c1-4-22-26(36(2)29-35-25(23(11-31)41-29)17-5-8-21(30)9-6-17)38-16-18(7-10-24(38)34-22)19-12-32-28(33-13-19)37-14-20(15-37)27(39)40-3/h5-10,12-13,16,20H,4,14-15H2,1-3H3. The Labute approximate surface area is 239 Å². The highest BCUT2D eigenvalue weighted by Crippen LogP contribution is 2.37. The molecule has 0 spiro atoms. The van der Waals surface area contributed by atoms with Gasteiger partial charge in [0.05, 0.1) is 18.7 Å². The molecule has 0 atom stereocenters. The van der Waals surface area contributed by atoms with E-state index < -0.39 is 0 Å². The number of benzene rings is 1. The number of halogens is 1. The average Bonchev–Trinajstić information content (AvgIpc) is 3.58. The second-order valence-electron chi connectivity index (χ2n) is 9.63. The molecule has 6 rings (SSSR count). The van der Waals surface area contributed by atoms with Gasteiger partial charge < -0.3 is 14.5 Å². The van der Waals surface area contributed by atoms with E-state index in [2.05, 4.69) is 16.0 Å². The Hall–Kier alpha value is -4.89. The van der Waals surface area contributed by atoms with Crippen LogP contribution in [0.15, 0.2) is 55.0 Å². The molecular formula is C29H25FN8O2S. The number of carbonyl (C=O) groups is 1. The molecule has 12 heteroatoms. The summed E-state index contributed by atoms with van der Waals surface area (Å²) in [5.41, 5.74) is 4.59. The van der Waals surface area contributed by atoms with Gasteiger partial charge in [-0.05, 0) is 42.8 Å². The van der Waals surface area contributed by atoms with Gasteiger partial charge in [-0.2, -0.15) is 5.26 Å². The van der Waals surface area contributed by atoms with E-state index in [1.165, 1.54) is 30.6 Å². The van der Waals surface area contributed by atoms with E-state index >= 15 is 0 Å². The first-order valence-electron chi connectivity index (χ1n) is 13.0. The summed E-state index contributed by atoms with van der Waals surface area (Å²) in [5.74, 6) is 0.693. The number of thiazole rings is 1. The molecule has 206 valence electrons. The van der Waals surface area contributed by atoms with E-state index in [1.807, 2.05) is 46.5 Å². The fraction of sp³-hybridized carbons (Fsp3) is 0.241. The number of nitrogens with zero attached hydrogens (tertiary/aromatic N) is 8. The minimum Gasteiger partial charge on any atom is -0.469 e.